The Labute approximate surface area is 190 Å². The van der Waals surface area contributed by atoms with Crippen LogP contribution in [0.2, 0.25) is 0 Å². The Balaban J connectivity index is 1.18. The quantitative estimate of drug-likeness (QED) is 0.609. The molecule has 3 aliphatic heterocycles. The zero-order valence-corrected chi connectivity index (χ0v) is 18.9. The normalized spacial score (nSPS) is 31.9. The third kappa shape index (κ3) is 5.31. The second-order valence-electron chi connectivity index (χ2n) is 9.86. The highest BCUT2D eigenvalue weighted by molar-refractivity contribution is 5.82. The molecule has 4 aliphatic rings. The van der Waals surface area contributed by atoms with Crippen LogP contribution in [0.4, 0.5) is 0 Å². The lowest BCUT2D eigenvalue weighted by atomic mass is 9.73. The number of hydrogen-bond acceptors (Lipinski definition) is 7. The van der Waals surface area contributed by atoms with Crippen molar-refractivity contribution in [2.45, 2.75) is 56.7 Å². The average molecular weight is 444 g/mol. The van der Waals surface area contributed by atoms with Gasteiger partial charge >= 0.3 is 0 Å². The molecule has 1 aromatic heterocycles. The molecule has 1 amide bonds. The van der Waals surface area contributed by atoms with Crippen molar-refractivity contribution in [1.29, 1.82) is 0 Å². The lowest BCUT2D eigenvalue weighted by Gasteiger charge is -2.33. The van der Waals surface area contributed by atoms with Crippen molar-refractivity contribution in [2.24, 2.45) is 11.8 Å². The molecule has 4 fully saturated rings. The van der Waals surface area contributed by atoms with Gasteiger partial charge in [0, 0.05) is 63.7 Å². The predicted octanol–water partition coefficient (Wildman–Crippen LogP) is 1.19. The zero-order chi connectivity index (χ0) is 21.8. The van der Waals surface area contributed by atoms with Crippen molar-refractivity contribution >= 4 is 5.91 Å². The molecule has 0 spiro atoms. The number of hydrazine groups is 1. The molecular weight excluding hydrogens is 406 g/mol. The lowest BCUT2D eigenvalue weighted by molar-refractivity contribution is -0.124. The fraction of sp³-hybridized carbons (Fsp3) is 0.750. The molecule has 176 valence electrons. The zero-order valence-electron chi connectivity index (χ0n) is 18.9. The van der Waals surface area contributed by atoms with E-state index >= 15 is 0 Å². The first kappa shape index (κ1) is 22.2. The van der Waals surface area contributed by atoms with E-state index in [-0.39, 0.29) is 11.9 Å². The van der Waals surface area contributed by atoms with Crippen LogP contribution < -0.4 is 16.2 Å². The van der Waals surface area contributed by atoms with Gasteiger partial charge in [0.15, 0.2) is 0 Å². The SMILES string of the molecule is O=C(NCC1CCOCC1)C1NNC2CCC(c3cncc(CN4CCOCC4)c3)CC21. The Morgan fingerprint density at radius 2 is 1.88 bits per heavy atom. The summed E-state index contributed by atoms with van der Waals surface area (Å²) in [6.07, 6.45) is 9.34. The number of carbonyl (C=O) groups is 1. The molecule has 4 unspecified atom stereocenters. The minimum absolute atomic E-state index is 0.135. The van der Waals surface area contributed by atoms with Crippen molar-refractivity contribution in [3.05, 3.63) is 29.6 Å². The van der Waals surface area contributed by atoms with Crippen molar-refractivity contribution in [1.82, 2.24) is 26.1 Å². The minimum Gasteiger partial charge on any atom is -0.381 e. The first-order valence-electron chi connectivity index (χ1n) is 12.4. The Morgan fingerprint density at radius 3 is 2.72 bits per heavy atom. The van der Waals surface area contributed by atoms with Crippen LogP contribution in [-0.4, -0.2) is 73.9 Å². The molecule has 0 aromatic carbocycles. The van der Waals surface area contributed by atoms with Crippen LogP contribution >= 0.6 is 0 Å². The highest BCUT2D eigenvalue weighted by Crippen LogP contribution is 2.39. The summed E-state index contributed by atoms with van der Waals surface area (Å²) < 4.78 is 10.9. The molecule has 8 heteroatoms. The Bertz CT molecular complexity index is 766. The first-order valence-corrected chi connectivity index (χ1v) is 12.4. The van der Waals surface area contributed by atoms with Crippen molar-refractivity contribution in [3.8, 4) is 0 Å². The number of ether oxygens (including phenoxy) is 2. The van der Waals surface area contributed by atoms with Crippen LogP contribution in [0.3, 0.4) is 0 Å². The summed E-state index contributed by atoms with van der Waals surface area (Å²) in [7, 11) is 0. The highest BCUT2D eigenvalue weighted by atomic mass is 16.5. The van der Waals surface area contributed by atoms with Crippen molar-refractivity contribution in [2.75, 3.05) is 46.1 Å². The van der Waals surface area contributed by atoms with Gasteiger partial charge in [-0.2, -0.15) is 0 Å². The maximum absolute atomic E-state index is 13.0. The molecule has 0 radical (unpaired) electrons. The standard InChI is InChI=1S/C24H37N5O3/c30-24(26-14-17-3-7-31-8-4-17)23-21-12-19(1-2-22(21)27-28-23)20-11-18(13-25-15-20)16-29-5-9-32-10-6-29/h11,13,15,17,19,21-23,27-28H,1-10,12,14,16H2,(H,26,30). The van der Waals surface area contributed by atoms with Crippen LogP contribution in [-0.2, 0) is 20.8 Å². The van der Waals surface area contributed by atoms with E-state index in [0.717, 1.165) is 84.7 Å². The summed E-state index contributed by atoms with van der Waals surface area (Å²) in [6.45, 7) is 6.92. The number of amides is 1. The van der Waals surface area contributed by atoms with E-state index in [1.165, 1.54) is 11.1 Å². The molecule has 0 bridgehead atoms. The summed E-state index contributed by atoms with van der Waals surface area (Å²) >= 11 is 0. The summed E-state index contributed by atoms with van der Waals surface area (Å²) in [6, 6.07) is 2.55. The molecular formula is C24H37N5O3. The average Bonchev–Trinajstić information content (AvgIpc) is 3.27. The number of nitrogens with one attached hydrogen (secondary N) is 3. The first-order chi connectivity index (χ1) is 15.8. The Hall–Kier alpha value is -1.58. The molecule has 1 aliphatic carbocycles. The maximum Gasteiger partial charge on any atom is 0.238 e. The van der Waals surface area contributed by atoms with Gasteiger partial charge in [0.2, 0.25) is 5.91 Å². The number of nitrogens with zero attached hydrogens (tertiary/aromatic N) is 2. The molecule has 32 heavy (non-hydrogen) atoms. The third-order valence-electron chi connectivity index (χ3n) is 7.74. The van der Waals surface area contributed by atoms with Gasteiger partial charge in [-0.05, 0) is 55.1 Å². The van der Waals surface area contributed by atoms with Gasteiger partial charge in [-0.25, -0.2) is 5.43 Å². The van der Waals surface area contributed by atoms with Gasteiger partial charge in [0.05, 0.1) is 13.2 Å². The van der Waals surface area contributed by atoms with E-state index in [1.807, 2.05) is 12.4 Å². The van der Waals surface area contributed by atoms with E-state index in [9.17, 15) is 4.79 Å². The number of fused-ring (bicyclic) bond motifs is 1. The third-order valence-corrected chi connectivity index (χ3v) is 7.74. The molecule has 3 N–H and O–H groups in total. The van der Waals surface area contributed by atoms with E-state index < -0.39 is 0 Å². The second-order valence-corrected chi connectivity index (χ2v) is 9.86. The van der Waals surface area contributed by atoms with Crippen LogP contribution in [0.5, 0.6) is 0 Å². The number of aromatic nitrogens is 1. The van der Waals surface area contributed by atoms with E-state index in [4.69, 9.17) is 9.47 Å². The van der Waals surface area contributed by atoms with Crippen LogP contribution in [0.25, 0.3) is 0 Å². The maximum atomic E-state index is 13.0. The highest BCUT2D eigenvalue weighted by Gasteiger charge is 2.44. The van der Waals surface area contributed by atoms with Gasteiger partial charge in [-0.1, -0.05) is 6.07 Å². The van der Waals surface area contributed by atoms with Crippen LogP contribution in [0, 0.1) is 11.8 Å². The van der Waals surface area contributed by atoms with Gasteiger partial charge in [-0.15, -0.1) is 0 Å². The predicted molar refractivity (Wildman–Crippen MR) is 121 cm³/mol. The smallest absolute Gasteiger partial charge is 0.238 e. The molecule has 1 saturated carbocycles. The van der Waals surface area contributed by atoms with Crippen molar-refractivity contribution in [3.63, 3.8) is 0 Å². The van der Waals surface area contributed by atoms with Gasteiger partial charge in [0.1, 0.15) is 6.04 Å². The van der Waals surface area contributed by atoms with Gasteiger partial charge < -0.3 is 14.8 Å². The summed E-state index contributed by atoms with van der Waals surface area (Å²) in [5.41, 5.74) is 9.30. The van der Waals surface area contributed by atoms with E-state index in [2.05, 4.69) is 32.1 Å². The number of carbonyl (C=O) groups excluding carboxylic acids is 1. The monoisotopic (exact) mass is 443 g/mol. The lowest BCUT2D eigenvalue weighted by Crippen LogP contribution is -2.47. The van der Waals surface area contributed by atoms with E-state index in [1.54, 1.807) is 0 Å². The minimum atomic E-state index is -0.160. The van der Waals surface area contributed by atoms with E-state index in [0.29, 0.717) is 23.8 Å². The van der Waals surface area contributed by atoms with Crippen LogP contribution in [0.15, 0.2) is 18.5 Å². The molecule has 5 rings (SSSR count). The van der Waals surface area contributed by atoms with Crippen molar-refractivity contribution < 1.29 is 14.3 Å². The number of rotatable bonds is 6. The number of pyridine rings is 1. The van der Waals surface area contributed by atoms with Gasteiger partial charge in [-0.3, -0.25) is 20.1 Å². The molecule has 8 nitrogen and oxygen atoms in total. The fourth-order valence-corrected chi connectivity index (χ4v) is 5.76. The summed E-state index contributed by atoms with van der Waals surface area (Å²) in [4.78, 5) is 20.0. The van der Waals surface area contributed by atoms with Gasteiger partial charge in [0.25, 0.3) is 0 Å². The largest absolute Gasteiger partial charge is 0.381 e. The molecule has 1 aromatic rings. The Morgan fingerprint density at radius 1 is 1.06 bits per heavy atom. The molecule has 4 atom stereocenters. The fourth-order valence-electron chi connectivity index (χ4n) is 5.76. The van der Waals surface area contributed by atoms with Crippen LogP contribution in [0.1, 0.15) is 49.1 Å². The number of morpholine rings is 1. The Kier molecular flexibility index (Phi) is 7.34. The summed E-state index contributed by atoms with van der Waals surface area (Å²) in [5.74, 6) is 1.45. The number of hydrogen-bond donors (Lipinski definition) is 3. The summed E-state index contributed by atoms with van der Waals surface area (Å²) in [5, 5.41) is 3.21. The second kappa shape index (κ2) is 10.6. The molecule has 4 heterocycles. The topological polar surface area (TPSA) is 87.8 Å². The molecule has 3 saturated heterocycles.